The first kappa shape index (κ1) is 16.5. The van der Waals surface area contributed by atoms with Crippen molar-refractivity contribution in [2.24, 2.45) is 0 Å². The number of benzene rings is 2. The predicted molar refractivity (Wildman–Crippen MR) is 105 cm³/mol. The van der Waals surface area contributed by atoms with Crippen molar-refractivity contribution in [1.29, 1.82) is 0 Å². The van der Waals surface area contributed by atoms with Crippen molar-refractivity contribution in [2.45, 2.75) is 0 Å². The van der Waals surface area contributed by atoms with E-state index in [1.165, 1.54) is 17.2 Å². The van der Waals surface area contributed by atoms with Crippen molar-refractivity contribution in [1.82, 2.24) is 9.97 Å². The fourth-order valence-corrected chi connectivity index (χ4v) is 2.94. The van der Waals surface area contributed by atoms with Gasteiger partial charge in [0.2, 0.25) is 0 Å². The fourth-order valence-electron chi connectivity index (χ4n) is 2.94. The number of pyridine rings is 2. The molecular formula is C23H14N2O2. The number of aromatic nitrogens is 2. The Morgan fingerprint density at radius 1 is 0.926 bits per heavy atom. The zero-order chi connectivity index (χ0) is 18.8. The molecule has 0 spiro atoms. The third-order valence-corrected chi connectivity index (χ3v) is 4.31. The normalized spacial score (nSPS) is 10.5. The van der Waals surface area contributed by atoms with Crippen LogP contribution < -0.4 is 0 Å². The maximum absolute atomic E-state index is 11.4. The number of aromatic carboxylic acids is 1. The summed E-state index contributed by atoms with van der Waals surface area (Å²) in [6.45, 7) is 0. The number of fused-ring (bicyclic) bond motifs is 2. The Morgan fingerprint density at radius 2 is 1.70 bits per heavy atom. The Bertz CT molecular complexity index is 1210. The van der Waals surface area contributed by atoms with Crippen LogP contribution in [0.4, 0.5) is 0 Å². The molecule has 0 unspecified atom stereocenters. The molecule has 0 radical (unpaired) electrons. The lowest BCUT2D eigenvalue weighted by Gasteiger charge is -2.09. The Balaban J connectivity index is 0.000000250. The van der Waals surface area contributed by atoms with E-state index in [4.69, 9.17) is 6.42 Å². The number of hydrogen-bond donors (Lipinski definition) is 1. The van der Waals surface area contributed by atoms with Crippen LogP contribution in [0.3, 0.4) is 0 Å². The molecule has 0 fully saturated rings. The van der Waals surface area contributed by atoms with Gasteiger partial charge in [-0.2, -0.15) is 0 Å². The largest absolute Gasteiger partial charge is 0.478 e. The molecule has 0 saturated heterocycles. The summed E-state index contributed by atoms with van der Waals surface area (Å²) in [6, 6.07) is 18.9. The fraction of sp³-hybridized carbons (Fsp3) is 0. The molecule has 2 heterocycles. The second-order valence-corrected chi connectivity index (χ2v) is 6.03. The lowest BCUT2D eigenvalue weighted by molar-refractivity contribution is 0.0697. The van der Waals surface area contributed by atoms with Gasteiger partial charge in [0.25, 0.3) is 0 Å². The van der Waals surface area contributed by atoms with Crippen LogP contribution in [0.15, 0.2) is 73.1 Å². The van der Waals surface area contributed by atoms with Crippen LogP contribution in [-0.4, -0.2) is 21.0 Å². The van der Waals surface area contributed by atoms with Crippen molar-refractivity contribution in [3.63, 3.8) is 0 Å². The molecule has 3 aromatic rings. The van der Waals surface area contributed by atoms with Gasteiger partial charge in [0.15, 0.2) is 5.65 Å². The van der Waals surface area contributed by atoms with Crippen molar-refractivity contribution >= 4 is 17.0 Å². The third-order valence-electron chi connectivity index (χ3n) is 4.31. The zero-order valence-corrected chi connectivity index (χ0v) is 14.3. The lowest BCUT2D eigenvalue weighted by atomic mass is 9.95. The molecule has 5 rings (SSSR count). The van der Waals surface area contributed by atoms with Crippen LogP contribution in [0.5, 0.6) is 0 Å². The molecule has 0 bridgehead atoms. The molecule has 2 aliphatic carbocycles. The Kier molecular flexibility index (Phi) is 4.12. The first-order valence-corrected chi connectivity index (χ1v) is 8.32. The highest BCUT2D eigenvalue weighted by Gasteiger charge is 2.15. The summed E-state index contributed by atoms with van der Waals surface area (Å²) in [6.07, 6.45) is 8.75. The molecule has 2 aliphatic rings. The van der Waals surface area contributed by atoms with E-state index >= 15 is 0 Å². The summed E-state index contributed by atoms with van der Waals surface area (Å²) in [5.74, 6) is 1.51. The van der Waals surface area contributed by atoms with E-state index < -0.39 is 5.97 Å². The number of carboxylic acid groups (broad SMARTS) is 1. The number of nitrogens with zero attached hydrogens (tertiary/aromatic N) is 2. The van der Waals surface area contributed by atoms with Crippen molar-refractivity contribution in [3.8, 4) is 34.6 Å². The summed E-state index contributed by atoms with van der Waals surface area (Å²) in [4.78, 5) is 19.8. The summed E-state index contributed by atoms with van der Waals surface area (Å²) >= 11 is 0. The molecule has 1 N–H and O–H groups in total. The van der Waals surface area contributed by atoms with Crippen LogP contribution in [0, 0.1) is 12.3 Å². The van der Waals surface area contributed by atoms with Crippen molar-refractivity contribution in [3.05, 3.63) is 84.2 Å². The van der Waals surface area contributed by atoms with Gasteiger partial charge in [0.05, 0.1) is 5.56 Å². The maximum Gasteiger partial charge on any atom is 0.336 e. The van der Waals surface area contributed by atoms with Crippen molar-refractivity contribution in [2.75, 3.05) is 0 Å². The molecule has 0 aliphatic heterocycles. The van der Waals surface area contributed by atoms with Crippen LogP contribution in [0.25, 0.3) is 33.3 Å². The monoisotopic (exact) mass is 350 g/mol. The molecule has 1 aromatic carbocycles. The average Bonchev–Trinajstić information content (AvgIpc) is 3.31. The number of hydrogen-bond acceptors (Lipinski definition) is 3. The van der Waals surface area contributed by atoms with Gasteiger partial charge in [-0.1, -0.05) is 30.2 Å². The highest BCUT2D eigenvalue weighted by Crippen LogP contribution is 2.32. The maximum atomic E-state index is 11.4. The summed E-state index contributed by atoms with van der Waals surface area (Å²) in [5.41, 5.74) is 5.32. The number of carboxylic acids is 1. The van der Waals surface area contributed by atoms with E-state index in [9.17, 15) is 9.90 Å². The standard InChI is InChI=1S/C17H10N2O2.C6H4/c1-2-11-5-3-7-14(17(20)21)15(11)13-9-12-6-4-8-18-16(12)19-10-13;1-2-5-4-6(5)3-1/h1,3-10H,(H,20,21);1-4H. The predicted octanol–water partition coefficient (Wildman–Crippen LogP) is 4.64. The van der Waals surface area contributed by atoms with E-state index in [1.54, 1.807) is 30.6 Å². The van der Waals surface area contributed by atoms with Crippen LogP contribution in [0.1, 0.15) is 15.9 Å². The third kappa shape index (κ3) is 3.26. The van der Waals surface area contributed by atoms with Crippen LogP contribution in [-0.2, 0) is 0 Å². The number of terminal acetylenes is 1. The van der Waals surface area contributed by atoms with Gasteiger partial charge in [-0.15, -0.1) is 6.42 Å². The lowest BCUT2D eigenvalue weighted by Crippen LogP contribution is -2.01. The van der Waals surface area contributed by atoms with Gasteiger partial charge in [0, 0.05) is 34.5 Å². The second kappa shape index (κ2) is 6.74. The zero-order valence-electron chi connectivity index (χ0n) is 14.3. The highest BCUT2D eigenvalue weighted by atomic mass is 16.4. The molecule has 0 amide bonds. The molecule has 0 saturated carbocycles. The Labute approximate surface area is 156 Å². The summed E-state index contributed by atoms with van der Waals surface area (Å²) < 4.78 is 0. The Morgan fingerprint density at radius 3 is 2.33 bits per heavy atom. The van der Waals surface area contributed by atoms with Gasteiger partial charge in [-0.05, 0) is 47.5 Å². The van der Waals surface area contributed by atoms with Gasteiger partial charge >= 0.3 is 5.97 Å². The van der Waals surface area contributed by atoms with E-state index in [2.05, 4.69) is 40.2 Å². The minimum absolute atomic E-state index is 0.162. The first-order chi connectivity index (χ1) is 13.2. The first-order valence-electron chi connectivity index (χ1n) is 8.32. The minimum atomic E-state index is -1.02. The van der Waals surface area contributed by atoms with Crippen LogP contribution in [0.2, 0.25) is 0 Å². The van der Waals surface area contributed by atoms with E-state index in [0.717, 1.165) is 5.39 Å². The topological polar surface area (TPSA) is 63.1 Å². The second-order valence-electron chi connectivity index (χ2n) is 6.03. The van der Waals surface area contributed by atoms with Gasteiger partial charge < -0.3 is 5.11 Å². The molecule has 128 valence electrons. The van der Waals surface area contributed by atoms with E-state index in [-0.39, 0.29) is 5.56 Å². The van der Waals surface area contributed by atoms with Crippen molar-refractivity contribution < 1.29 is 9.90 Å². The van der Waals surface area contributed by atoms with Gasteiger partial charge in [-0.3, -0.25) is 0 Å². The highest BCUT2D eigenvalue weighted by molar-refractivity contribution is 5.98. The molecule has 2 aromatic heterocycles. The molecule has 4 nitrogen and oxygen atoms in total. The quantitative estimate of drug-likeness (QED) is 0.471. The number of carbonyl (C=O) groups is 1. The van der Waals surface area contributed by atoms with E-state index in [1.807, 2.05) is 12.1 Å². The molecular weight excluding hydrogens is 336 g/mol. The van der Waals surface area contributed by atoms with Gasteiger partial charge in [0.1, 0.15) is 0 Å². The molecule has 27 heavy (non-hydrogen) atoms. The number of rotatable bonds is 2. The van der Waals surface area contributed by atoms with E-state index in [0.29, 0.717) is 22.3 Å². The average molecular weight is 350 g/mol. The smallest absolute Gasteiger partial charge is 0.336 e. The Hall–Kier alpha value is -3.97. The molecule has 4 heteroatoms. The van der Waals surface area contributed by atoms with Crippen LogP contribution >= 0.6 is 0 Å². The molecule has 0 atom stereocenters. The summed E-state index contributed by atoms with van der Waals surface area (Å²) in [7, 11) is 0. The minimum Gasteiger partial charge on any atom is -0.478 e. The summed E-state index contributed by atoms with van der Waals surface area (Å²) in [5, 5.41) is 10.2. The van der Waals surface area contributed by atoms with Gasteiger partial charge in [-0.25, -0.2) is 14.8 Å². The SMILES string of the molecule is C#Cc1cccc(C(=O)O)c1-c1cnc2ncccc2c1.c1cc2cc-2c1.